The topological polar surface area (TPSA) is 26.0 Å². The van der Waals surface area contributed by atoms with Crippen LogP contribution in [0, 0.1) is 0 Å². The van der Waals surface area contributed by atoms with Gasteiger partial charge in [-0.15, -0.1) is 0 Å². The van der Waals surface area contributed by atoms with Crippen molar-refractivity contribution in [1.29, 1.82) is 0 Å². The number of anilines is 1. The van der Waals surface area contributed by atoms with Crippen molar-refractivity contribution in [3.05, 3.63) is 60.7 Å². The van der Waals surface area contributed by atoms with Crippen LogP contribution < -0.4 is 5.73 Å². The number of nitrogens with two attached hydrogens (primary N) is 1. The van der Waals surface area contributed by atoms with Gasteiger partial charge in [-0.1, -0.05) is 43.0 Å². The number of allylic oxidation sites excluding steroid dienone is 4. The lowest BCUT2D eigenvalue weighted by atomic mass is 10.1. The number of hydrogen-bond acceptors (Lipinski definition) is 1. The van der Waals surface area contributed by atoms with E-state index in [4.69, 9.17) is 5.73 Å². The summed E-state index contributed by atoms with van der Waals surface area (Å²) in [5.74, 6) is 0. The van der Waals surface area contributed by atoms with Gasteiger partial charge in [0, 0.05) is 5.69 Å². The lowest BCUT2D eigenvalue weighted by Gasteiger charge is -2.00. The molecule has 0 saturated carbocycles. The highest BCUT2D eigenvalue weighted by Gasteiger charge is 1.93. The van der Waals surface area contributed by atoms with Crippen LogP contribution in [0.3, 0.4) is 0 Å². The molecule has 0 radical (unpaired) electrons. The van der Waals surface area contributed by atoms with E-state index >= 15 is 0 Å². The van der Waals surface area contributed by atoms with Crippen molar-refractivity contribution in [3.63, 3.8) is 0 Å². The van der Waals surface area contributed by atoms with Gasteiger partial charge in [-0.05, 0) is 30.2 Å². The van der Waals surface area contributed by atoms with Crippen molar-refractivity contribution in [2.75, 3.05) is 5.73 Å². The molecule has 0 unspecified atom stereocenters. The van der Waals surface area contributed by atoms with Crippen molar-refractivity contribution < 1.29 is 0 Å². The maximum atomic E-state index is 5.59. The third-order valence-electron chi connectivity index (χ3n) is 1.85. The van der Waals surface area contributed by atoms with E-state index in [9.17, 15) is 0 Å². The molecule has 0 aliphatic rings. The Morgan fingerprint density at radius 1 is 1.14 bits per heavy atom. The van der Waals surface area contributed by atoms with Crippen molar-refractivity contribution in [1.82, 2.24) is 0 Å². The average Bonchev–Trinajstić information content (AvgIpc) is 2.15. The monoisotopic (exact) mass is 185 g/mol. The van der Waals surface area contributed by atoms with Gasteiger partial charge in [0.1, 0.15) is 0 Å². The molecule has 14 heavy (non-hydrogen) atoms. The fourth-order valence-electron chi connectivity index (χ4n) is 1.04. The molecule has 0 saturated heterocycles. The zero-order valence-electron chi connectivity index (χ0n) is 8.46. The summed E-state index contributed by atoms with van der Waals surface area (Å²) in [5, 5.41) is 0. The summed E-state index contributed by atoms with van der Waals surface area (Å²) >= 11 is 0. The first kappa shape index (κ1) is 10.3. The third-order valence-corrected chi connectivity index (χ3v) is 1.85. The summed E-state index contributed by atoms with van der Waals surface area (Å²) in [4.78, 5) is 0. The van der Waals surface area contributed by atoms with Gasteiger partial charge in [0.25, 0.3) is 0 Å². The van der Waals surface area contributed by atoms with E-state index < -0.39 is 0 Å². The van der Waals surface area contributed by atoms with Gasteiger partial charge in [-0.3, -0.25) is 0 Å². The lowest BCUT2D eigenvalue weighted by Crippen LogP contribution is -1.84. The van der Waals surface area contributed by atoms with Crippen LogP contribution in [0.4, 0.5) is 5.69 Å². The molecule has 2 N–H and O–H groups in total. The van der Waals surface area contributed by atoms with Gasteiger partial charge >= 0.3 is 0 Å². The fraction of sp³-hybridized carbons (Fsp3) is 0.0769. The van der Waals surface area contributed by atoms with Gasteiger partial charge in [0.2, 0.25) is 0 Å². The zero-order valence-corrected chi connectivity index (χ0v) is 8.46. The first-order chi connectivity index (χ1) is 6.59. The normalized spacial score (nSPS) is 10.4. The van der Waals surface area contributed by atoms with Crippen LogP contribution in [0.25, 0.3) is 5.57 Å². The molecule has 0 fully saturated rings. The van der Waals surface area contributed by atoms with Gasteiger partial charge in [0.05, 0.1) is 0 Å². The minimum Gasteiger partial charge on any atom is -0.399 e. The van der Waals surface area contributed by atoms with E-state index in [0.717, 1.165) is 22.4 Å². The third kappa shape index (κ3) is 2.94. The summed E-state index contributed by atoms with van der Waals surface area (Å²) in [5.41, 5.74) is 9.42. The lowest BCUT2D eigenvalue weighted by molar-refractivity contribution is 1.55. The SMILES string of the molecule is C=C(C)/C=C\C(=C)c1ccc(N)cc1. The molecule has 1 nitrogen and oxygen atoms in total. The molecule has 0 amide bonds. The average molecular weight is 185 g/mol. The van der Waals surface area contributed by atoms with E-state index in [1.165, 1.54) is 0 Å². The Balaban J connectivity index is 2.80. The van der Waals surface area contributed by atoms with Crippen molar-refractivity contribution in [3.8, 4) is 0 Å². The Bertz CT molecular complexity index is 369. The van der Waals surface area contributed by atoms with Gasteiger partial charge in [0.15, 0.2) is 0 Å². The number of nitrogen functional groups attached to an aromatic ring is 1. The van der Waals surface area contributed by atoms with E-state index in [1.807, 2.05) is 43.3 Å². The molecule has 1 rings (SSSR count). The van der Waals surface area contributed by atoms with Gasteiger partial charge < -0.3 is 5.73 Å². The molecular formula is C13H15N. The highest BCUT2D eigenvalue weighted by atomic mass is 14.5. The Kier molecular flexibility index (Phi) is 3.29. The molecule has 0 aliphatic heterocycles. The van der Waals surface area contributed by atoms with Crippen LogP contribution in [0.1, 0.15) is 12.5 Å². The minimum absolute atomic E-state index is 0.769. The van der Waals surface area contributed by atoms with E-state index in [-0.39, 0.29) is 0 Å². The second kappa shape index (κ2) is 4.47. The summed E-state index contributed by atoms with van der Waals surface area (Å²) in [6.45, 7) is 9.70. The number of hydrogen-bond donors (Lipinski definition) is 1. The maximum Gasteiger partial charge on any atom is 0.0314 e. The largest absolute Gasteiger partial charge is 0.399 e. The quantitative estimate of drug-likeness (QED) is 0.566. The second-order valence-corrected chi connectivity index (χ2v) is 3.33. The van der Waals surface area contributed by atoms with E-state index in [1.54, 1.807) is 0 Å². The van der Waals surface area contributed by atoms with Crippen molar-refractivity contribution in [2.45, 2.75) is 6.92 Å². The Morgan fingerprint density at radius 3 is 2.21 bits per heavy atom. The number of benzene rings is 1. The fourth-order valence-corrected chi connectivity index (χ4v) is 1.04. The highest BCUT2D eigenvalue weighted by molar-refractivity contribution is 5.73. The first-order valence-corrected chi connectivity index (χ1v) is 4.48. The number of rotatable bonds is 3. The summed E-state index contributed by atoms with van der Waals surface area (Å²) < 4.78 is 0. The molecular weight excluding hydrogens is 170 g/mol. The molecule has 0 heterocycles. The van der Waals surface area contributed by atoms with Crippen molar-refractivity contribution >= 4 is 11.3 Å². The van der Waals surface area contributed by atoms with Crippen LogP contribution in [0.15, 0.2) is 55.1 Å². The molecule has 72 valence electrons. The molecule has 0 atom stereocenters. The summed E-state index contributed by atoms with van der Waals surface area (Å²) in [7, 11) is 0. The molecule has 0 bridgehead atoms. The molecule has 1 aromatic carbocycles. The molecule has 1 heteroatoms. The van der Waals surface area contributed by atoms with E-state index in [2.05, 4.69) is 13.2 Å². The Labute approximate surface area is 85.3 Å². The van der Waals surface area contributed by atoms with E-state index in [0.29, 0.717) is 0 Å². The van der Waals surface area contributed by atoms with Crippen LogP contribution in [0.2, 0.25) is 0 Å². The standard InChI is InChI=1S/C13H15N/c1-10(2)4-5-11(3)12-6-8-13(14)9-7-12/h4-9H,1,3,14H2,2H3/b5-4-. The van der Waals surface area contributed by atoms with Crippen LogP contribution >= 0.6 is 0 Å². The molecule has 0 spiro atoms. The van der Waals surface area contributed by atoms with Crippen LogP contribution in [-0.4, -0.2) is 0 Å². The molecule has 0 aromatic heterocycles. The Hall–Kier alpha value is -1.76. The Morgan fingerprint density at radius 2 is 1.71 bits per heavy atom. The maximum absolute atomic E-state index is 5.59. The highest BCUT2D eigenvalue weighted by Crippen LogP contribution is 2.15. The predicted octanol–water partition coefficient (Wildman–Crippen LogP) is 3.41. The first-order valence-electron chi connectivity index (χ1n) is 4.48. The molecule has 1 aromatic rings. The second-order valence-electron chi connectivity index (χ2n) is 3.33. The smallest absolute Gasteiger partial charge is 0.0314 e. The van der Waals surface area contributed by atoms with Gasteiger partial charge in [-0.25, -0.2) is 0 Å². The van der Waals surface area contributed by atoms with Crippen LogP contribution in [-0.2, 0) is 0 Å². The predicted molar refractivity (Wildman–Crippen MR) is 63.8 cm³/mol. The molecule has 0 aliphatic carbocycles. The summed E-state index contributed by atoms with van der Waals surface area (Å²) in [6.07, 6.45) is 3.90. The van der Waals surface area contributed by atoms with Gasteiger partial charge in [-0.2, -0.15) is 0 Å². The van der Waals surface area contributed by atoms with Crippen molar-refractivity contribution in [2.24, 2.45) is 0 Å². The summed E-state index contributed by atoms with van der Waals surface area (Å²) in [6, 6.07) is 7.66. The minimum atomic E-state index is 0.769. The van der Waals surface area contributed by atoms with Crippen LogP contribution in [0.5, 0.6) is 0 Å². The zero-order chi connectivity index (χ0) is 10.6.